The lowest BCUT2D eigenvalue weighted by Crippen LogP contribution is -2.28. The average Bonchev–Trinajstić information content (AvgIpc) is 2.93. The van der Waals surface area contributed by atoms with Crippen molar-refractivity contribution in [2.24, 2.45) is 11.3 Å². The number of nitrogens with zero attached hydrogens (tertiary/aromatic N) is 2. The molecule has 1 aromatic carbocycles. The van der Waals surface area contributed by atoms with Crippen molar-refractivity contribution in [3.8, 4) is 23.1 Å². The van der Waals surface area contributed by atoms with E-state index in [4.69, 9.17) is 9.72 Å². The normalized spacial score (nSPS) is 19.6. The molecule has 1 saturated carbocycles. The highest BCUT2D eigenvalue weighted by Crippen LogP contribution is 2.42. The van der Waals surface area contributed by atoms with Crippen LogP contribution in [0.3, 0.4) is 0 Å². The summed E-state index contributed by atoms with van der Waals surface area (Å²) < 4.78 is 6.15. The fraction of sp³-hybridized carbons (Fsp3) is 0.636. The van der Waals surface area contributed by atoms with Crippen LogP contribution in [0, 0.1) is 22.7 Å². The predicted molar refractivity (Wildman–Crippen MR) is 151 cm³/mol. The minimum absolute atomic E-state index is 0.0814. The molecule has 3 rings (SSSR count). The Balaban J connectivity index is 1.39. The van der Waals surface area contributed by atoms with Crippen LogP contribution < -0.4 is 4.74 Å². The predicted octanol–water partition coefficient (Wildman–Crippen LogP) is 9.70. The molecule has 3 nitrogen and oxygen atoms in total. The van der Waals surface area contributed by atoms with Gasteiger partial charge < -0.3 is 4.74 Å². The molecule has 36 heavy (non-hydrogen) atoms. The summed E-state index contributed by atoms with van der Waals surface area (Å²) in [7, 11) is 0. The van der Waals surface area contributed by atoms with Crippen LogP contribution >= 0.6 is 0 Å². The van der Waals surface area contributed by atoms with E-state index in [2.05, 4.69) is 56.3 Å². The van der Waals surface area contributed by atoms with E-state index in [0.29, 0.717) is 5.92 Å². The monoisotopic (exact) mass is 488 g/mol. The van der Waals surface area contributed by atoms with Crippen LogP contribution in [0.1, 0.15) is 116 Å². The Labute approximate surface area is 220 Å². The van der Waals surface area contributed by atoms with Gasteiger partial charge in [-0.2, -0.15) is 5.26 Å². The lowest BCUT2D eigenvalue weighted by molar-refractivity contribution is 0.144. The van der Waals surface area contributed by atoms with Crippen molar-refractivity contribution < 1.29 is 4.74 Å². The highest BCUT2D eigenvalue weighted by molar-refractivity contribution is 5.60. The van der Waals surface area contributed by atoms with E-state index < -0.39 is 0 Å². The van der Waals surface area contributed by atoms with Crippen molar-refractivity contribution in [3.63, 3.8) is 0 Å². The van der Waals surface area contributed by atoms with Gasteiger partial charge >= 0.3 is 0 Å². The second kappa shape index (κ2) is 15.7. The Hall–Kier alpha value is -2.34. The fourth-order valence-electron chi connectivity index (χ4n) is 5.49. The molecule has 0 aliphatic heterocycles. The lowest BCUT2D eigenvalue weighted by Gasteiger charge is -2.35. The zero-order valence-electron chi connectivity index (χ0n) is 22.9. The molecule has 2 aromatic rings. The number of aryl methyl sites for hydroxylation is 1. The van der Waals surface area contributed by atoms with Gasteiger partial charge in [0.15, 0.2) is 0 Å². The van der Waals surface area contributed by atoms with Crippen LogP contribution in [0.4, 0.5) is 0 Å². The Morgan fingerprint density at radius 2 is 1.53 bits per heavy atom. The third kappa shape index (κ3) is 9.27. The molecule has 1 aliphatic rings. The molecule has 0 N–H and O–H groups in total. The van der Waals surface area contributed by atoms with Gasteiger partial charge in [0.1, 0.15) is 5.75 Å². The van der Waals surface area contributed by atoms with Crippen LogP contribution in [-0.2, 0) is 6.42 Å². The molecule has 0 radical (unpaired) electrons. The van der Waals surface area contributed by atoms with Gasteiger partial charge in [0.25, 0.3) is 0 Å². The molecule has 0 spiro atoms. The van der Waals surface area contributed by atoms with E-state index in [1.807, 2.05) is 6.20 Å². The van der Waals surface area contributed by atoms with Crippen molar-refractivity contribution >= 4 is 0 Å². The standard InChI is InChI=1S/C33H48N2O/c1-3-5-7-9-11-13-28-14-19-32(35-25-28)30-15-17-31(18-16-30)36-26-29-20-23-33(27-34,24-21-29)22-12-10-8-6-4-2/h14-19,25,29H,3-13,20-24,26H2,1-2H3. The first kappa shape index (κ1) is 28.2. The van der Waals surface area contributed by atoms with Crippen molar-refractivity contribution in [2.45, 2.75) is 117 Å². The van der Waals surface area contributed by atoms with Gasteiger partial charge in [0.2, 0.25) is 0 Å². The largest absolute Gasteiger partial charge is 0.493 e. The first-order valence-corrected chi connectivity index (χ1v) is 14.8. The second-order valence-corrected chi connectivity index (χ2v) is 11.1. The average molecular weight is 489 g/mol. The minimum Gasteiger partial charge on any atom is -0.493 e. The van der Waals surface area contributed by atoms with Gasteiger partial charge in [-0.05, 0) is 86.8 Å². The molecule has 0 atom stereocenters. The third-order valence-corrected chi connectivity index (χ3v) is 8.09. The smallest absolute Gasteiger partial charge is 0.119 e. The molecule has 0 amide bonds. The zero-order valence-corrected chi connectivity index (χ0v) is 22.9. The number of unbranched alkanes of at least 4 members (excludes halogenated alkanes) is 8. The van der Waals surface area contributed by atoms with Crippen LogP contribution in [0.5, 0.6) is 5.75 Å². The highest BCUT2D eigenvalue weighted by atomic mass is 16.5. The summed E-state index contributed by atoms with van der Waals surface area (Å²) in [4.78, 5) is 4.70. The maximum atomic E-state index is 9.85. The molecule has 1 heterocycles. The van der Waals surface area contributed by atoms with Gasteiger partial charge in [0.05, 0.1) is 23.8 Å². The van der Waals surface area contributed by atoms with E-state index in [-0.39, 0.29) is 5.41 Å². The number of hydrogen-bond donors (Lipinski definition) is 0. The molecular formula is C33H48N2O. The Kier molecular flexibility index (Phi) is 12.3. The van der Waals surface area contributed by atoms with Crippen molar-refractivity contribution in [3.05, 3.63) is 48.2 Å². The number of rotatable bonds is 16. The topological polar surface area (TPSA) is 45.9 Å². The van der Waals surface area contributed by atoms with E-state index in [1.54, 1.807) is 0 Å². The molecular weight excluding hydrogens is 440 g/mol. The third-order valence-electron chi connectivity index (χ3n) is 8.09. The number of ether oxygens (including phenoxy) is 1. The lowest BCUT2D eigenvalue weighted by atomic mass is 9.69. The molecule has 196 valence electrons. The zero-order chi connectivity index (χ0) is 25.5. The molecule has 1 aliphatic carbocycles. The Morgan fingerprint density at radius 1 is 0.861 bits per heavy atom. The summed E-state index contributed by atoms with van der Waals surface area (Å²) in [5, 5.41) is 9.85. The fourth-order valence-corrected chi connectivity index (χ4v) is 5.49. The molecule has 3 heteroatoms. The van der Waals surface area contributed by atoms with E-state index >= 15 is 0 Å². The van der Waals surface area contributed by atoms with Gasteiger partial charge in [-0.25, -0.2) is 0 Å². The molecule has 1 aromatic heterocycles. The maximum Gasteiger partial charge on any atom is 0.119 e. The van der Waals surface area contributed by atoms with Crippen LogP contribution in [0.25, 0.3) is 11.3 Å². The molecule has 0 saturated heterocycles. The Bertz CT molecular complexity index is 889. The van der Waals surface area contributed by atoms with Crippen LogP contribution in [-0.4, -0.2) is 11.6 Å². The molecule has 1 fully saturated rings. The number of nitriles is 1. The van der Waals surface area contributed by atoms with E-state index in [1.165, 1.54) is 69.8 Å². The summed E-state index contributed by atoms with van der Waals surface area (Å²) in [6, 6.07) is 15.4. The summed E-state index contributed by atoms with van der Waals surface area (Å²) in [5.74, 6) is 1.48. The maximum absolute atomic E-state index is 9.85. The van der Waals surface area contributed by atoms with E-state index in [0.717, 1.165) is 62.1 Å². The van der Waals surface area contributed by atoms with E-state index in [9.17, 15) is 5.26 Å². The molecule has 0 bridgehead atoms. The first-order chi connectivity index (χ1) is 17.7. The van der Waals surface area contributed by atoms with Crippen LogP contribution in [0.2, 0.25) is 0 Å². The minimum atomic E-state index is -0.0814. The van der Waals surface area contributed by atoms with Gasteiger partial charge in [0, 0.05) is 11.8 Å². The van der Waals surface area contributed by atoms with Gasteiger partial charge in [-0.3, -0.25) is 4.98 Å². The number of hydrogen-bond acceptors (Lipinski definition) is 3. The first-order valence-electron chi connectivity index (χ1n) is 14.8. The van der Waals surface area contributed by atoms with Crippen molar-refractivity contribution in [1.82, 2.24) is 4.98 Å². The SMILES string of the molecule is CCCCCCCc1ccc(-c2ccc(OCC3CCC(C#N)(CCCCCCC)CC3)cc2)nc1. The van der Waals surface area contributed by atoms with Crippen molar-refractivity contribution in [1.29, 1.82) is 5.26 Å². The van der Waals surface area contributed by atoms with Gasteiger partial charge in [-0.1, -0.05) is 77.7 Å². The molecule has 0 unspecified atom stereocenters. The Morgan fingerprint density at radius 3 is 2.14 bits per heavy atom. The quantitative estimate of drug-likeness (QED) is 0.221. The highest BCUT2D eigenvalue weighted by Gasteiger charge is 2.35. The number of pyridine rings is 1. The summed E-state index contributed by atoms with van der Waals surface area (Å²) in [6.45, 7) is 5.26. The number of aromatic nitrogens is 1. The summed E-state index contributed by atoms with van der Waals surface area (Å²) >= 11 is 0. The van der Waals surface area contributed by atoms with Crippen LogP contribution in [0.15, 0.2) is 42.6 Å². The second-order valence-electron chi connectivity index (χ2n) is 11.1. The van der Waals surface area contributed by atoms with Gasteiger partial charge in [-0.15, -0.1) is 0 Å². The summed E-state index contributed by atoms with van der Waals surface area (Å²) in [6.07, 6.45) is 21.5. The summed E-state index contributed by atoms with van der Waals surface area (Å²) in [5.41, 5.74) is 3.40. The van der Waals surface area contributed by atoms with Crippen molar-refractivity contribution in [2.75, 3.05) is 6.61 Å². The number of benzene rings is 1.